The Labute approximate surface area is 84.5 Å². The van der Waals surface area contributed by atoms with Crippen molar-refractivity contribution in [3.8, 4) is 0 Å². The zero-order valence-corrected chi connectivity index (χ0v) is 9.07. The molecule has 0 bridgehead atoms. The maximum atomic E-state index is 11.1. The highest BCUT2D eigenvalue weighted by atomic mass is 16.5. The summed E-state index contributed by atoms with van der Waals surface area (Å²) in [5.41, 5.74) is 1.74. The van der Waals surface area contributed by atoms with Crippen molar-refractivity contribution < 1.29 is 9.53 Å². The van der Waals surface area contributed by atoms with E-state index < -0.39 is 0 Å². The molecule has 0 radical (unpaired) electrons. The molecule has 1 rings (SSSR count). The lowest BCUT2D eigenvalue weighted by molar-refractivity contribution is 0.0600. The molecule has 0 atom stereocenters. The number of esters is 1. The minimum atomic E-state index is -0.294. The minimum Gasteiger partial charge on any atom is -0.465 e. The second-order valence-corrected chi connectivity index (χ2v) is 4.05. The summed E-state index contributed by atoms with van der Waals surface area (Å²) in [6.07, 6.45) is 0. The standard InChI is InChI=1S/C11H16NO2/c1-12(2,3)10-7-5-9(6-8-10)11(13)14-4/h5-8H,1-4H3/q+1. The van der Waals surface area contributed by atoms with Crippen LogP contribution in [0.15, 0.2) is 24.3 Å². The second-order valence-electron chi connectivity index (χ2n) is 4.05. The summed E-state index contributed by atoms with van der Waals surface area (Å²) in [4.78, 5) is 11.1. The number of rotatable bonds is 2. The Morgan fingerprint density at radius 1 is 1.14 bits per heavy atom. The number of hydrogen-bond acceptors (Lipinski definition) is 2. The van der Waals surface area contributed by atoms with Crippen molar-refractivity contribution in [3.05, 3.63) is 29.8 Å². The van der Waals surface area contributed by atoms with Gasteiger partial charge in [-0.2, -0.15) is 0 Å². The number of carbonyl (C=O) groups is 1. The Morgan fingerprint density at radius 3 is 2.00 bits per heavy atom. The van der Waals surface area contributed by atoms with Crippen LogP contribution in [0.5, 0.6) is 0 Å². The average molecular weight is 194 g/mol. The third kappa shape index (κ3) is 2.33. The van der Waals surface area contributed by atoms with Crippen LogP contribution >= 0.6 is 0 Å². The van der Waals surface area contributed by atoms with Gasteiger partial charge in [0.25, 0.3) is 0 Å². The van der Waals surface area contributed by atoms with Gasteiger partial charge in [-0.05, 0) is 24.3 Å². The minimum absolute atomic E-state index is 0.294. The molecule has 0 saturated carbocycles. The summed E-state index contributed by atoms with van der Waals surface area (Å²) in [5.74, 6) is -0.294. The topological polar surface area (TPSA) is 26.3 Å². The third-order valence-corrected chi connectivity index (χ3v) is 2.06. The van der Waals surface area contributed by atoms with Crippen LogP contribution in [-0.4, -0.2) is 34.2 Å². The SMILES string of the molecule is COC(=O)c1ccc([N+](C)(C)C)cc1. The Kier molecular flexibility index (Phi) is 2.91. The molecule has 0 unspecified atom stereocenters. The van der Waals surface area contributed by atoms with Crippen LogP contribution in [0, 0.1) is 0 Å². The number of carbonyl (C=O) groups excluding carboxylic acids is 1. The van der Waals surface area contributed by atoms with E-state index in [2.05, 4.69) is 25.9 Å². The predicted molar refractivity (Wildman–Crippen MR) is 57.3 cm³/mol. The molecule has 76 valence electrons. The van der Waals surface area contributed by atoms with E-state index in [1.54, 1.807) is 12.1 Å². The van der Waals surface area contributed by atoms with E-state index in [9.17, 15) is 4.79 Å². The molecule has 14 heavy (non-hydrogen) atoms. The van der Waals surface area contributed by atoms with E-state index >= 15 is 0 Å². The van der Waals surface area contributed by atoms with Crippen LogP contribution in [0.1, 0.15) is 10.4 Å². The van der Waals surface area contributed by atoms with Gasteiger partial charge in [0.1, 0.15) is 5.69 Å². The second kappa shape index (κ2) is 3.80. The summed E-state index contributed by atoms with van der Waals surface area (Å²) in [6, 6.07) is 7.44. The van der Waals surface area contributed by atoms with Crippen molar-refractivity contribution >= 4 is 11.7 Å². The van der Waals surface area contributed by atoms with E-state index in [1.807, 2.05) is 12.1 Å². The van der Waals surface area contributed by atoms with Gasteiger partial charge in [-0.25, -0.2) is 4.79 Å². The third-order valence-electron chi connectivity index (χ3n) is 2.06. The first-order chi connectivity index (χ1) is 6.45. The van der Waals surface area contributed by atoms with E-state index in [1.165, 1.54) is 7.11 Å². The highest BCUT2D eigenvalue weighted by molar-refractivity contribution is 5.89. The van der Waals surface area contributed by atoms with Gasteiger partial charge in [0.15, 0.2) is 0 Å². The number of hydrogen-bond donors (Lipinski definition) is 0. The van der Waals surface area contributed by atoms with Crippen LogP contribution in [0.25, 0.3) is 0 Å². The summed E-state index contributed by atoms with van der Waals surface area (Å²) in [6.45, 7) is 0. The Bertz CT molecular complexity index is 322. The number of benzene rings is 1. The van der Waals surface area contributed by atoms with E-state index in [4.69, 9.17) is 0 Å². The Balaban J connectivity index is 2.95. The van der Waals surface area contributed by atoms with Gasteiger partial charge >= 0.3 is 5.97 Å². The predicted octanol–water partition coefficient (Wildman–Crippen LogP) is 1.67. The monoisotopic (exact) mass is 194 g/mol. The molecule has 0 aromatic heterocycles. The van der Waals surface area contributed by atoms with E-state index in [0.29, 0.717) is 5.56 Å². The molecule has 0 aliphatic rings. The quantitative estimate of drug-likeness (QED) is 0.529. The summed E-state index contributed by atoms with van der Waals surface area (Å²) < 4.78 is 5.36. The lowest BCUT2D eigenvalue weighted by Crippen LogP contribution is -2.34. The van der Waals surface area contributed by atoms with Gasteiger partial charge in [-0.3, -0.25) is 4.48 Å². The van der Waals surface area contributed by atoms with E-state index in [0.717, 1.165) is 10.2 Å². The van der Waals surface area contributed by atoms with Crippen molar-refractivity contribution in [2.45, 2.75) is 0 Å². The van der Waals surface area contributed by atoms with Crippen molar-refractivity contribution in [3.63, 3.8) is 0 Å². The smallest absolute Gasteiger partial charge is 0.337 e. The molecule has 3 heteroatoms. The molecular formula is C11H16NO2+. The molecule has 0 amide bonds. The molecule has 3 nitrogen and oxygen atoms in total. The molecule has 0 aliphatic heterocycles. The number of ether oxygens (including phenoxy) is 1. The fourth-order valence-corrected chi connectivity index (χ4v) is 1.16. The normalized spacial score (nSPS) is 11.1. The zero-order valence-electron chi connectivity index (χ0n) is 9.07. The van der Waals surface area contributed by atoms with Crippen LogP contribution in [0.2, 0.25) is 0 Å². The maximum absolute atomic E-state index is 11.1. The molecule has 0 fully saturated rings. The van der Waals surface area contributed by atoms with Gasteiger partial charge in [0.05, 0.1) is 33.8 Å². The van der Waals surface area contributed by atoms with Gasteiger partial charge in [-0.1, -0.05) is 0 Å². The summed E-state index contributed by atoms with van der Waals surface area (Å²) in [5, 5.41) is 0. The van der Waals surface area contributed by atoms with Gasteiger partial charge in [0.2, 0.25) is 0 Å². The van der Waals surface area contributed by atoms with Gasteiger partial charge < -0.3 is 4.74 Å². The first kappa shape index (κ1) is 10.7. The van der Waals surface area contributed by atoms with Crippen LogP contribution in [0.4, 0.5) is 5.69 Å². The molecule has 1 aromatic carbocycles. The lowest BCUT2D eigenvalue weighted by atomic mass is 10.2. The van der Waals surface area contributed by atoms with Crippen LogP contribution < -0.4 is 4.48 Å². The fraction of sp³-hybridized carbons (Fsp3) is 0.364. The fourth-order valence-electron chi connectivity index (χ4n) is 1.16. The average Bonchev–Trinajstić information content (AvgIpc) is 2.15. The summed E-state index contributed by atoms with van der Waals surface area (Å²) in [7, 11) is 7.61. The van der Waals surface area contributed by atoms with Crippen molar-refractivity contribution in [2.24, 2.45) is 0 Å². The highest BCUT2D eigenvalue weighted by Crippen LogP contribution is 2.17. The lowest BCUT2D eigenvalue weighted by Gasteiger charge is -2.23. The highest BCUT2D eigenvalue weighted by Gasteiger charge is 2.12. The first-order valence-electron chi connectivity index (χ1n) is 4.45. The van der Waals surface area contributed by atoms with Crippen molar-refractivity contribution in [1.29, 1.82) is 0 Å². The number of nitrogens with zero attached hydrogens (tertiary/aromatic N) is 1. The molecule has 0 heterocycles. The van der Waals surface area contributed by atoms with Gasteiger partial charge in [0, 0.05) is 0 Å². The van der Waals surface area contributed by atoms with E-state index in [-0.39, 0.29) is 5.97 Å². The molecule has 0 N–H and O–H groups in total. The van der Waals surface area contributed by atoms with Crippen molar-refractivity contribution in [1.82, 2.24) is 4.48 Å². The van der Waals surface area contributed by atoms with Crippen molar-refractivity contribution in [2.75, 3.05) is 28.3 Å². The molecule has 0 aliphatic carbocycles. The van der Waals surface area contributed by atoms with Crippen LogP contribution in [-0.2, 0) is 4.74 Å². The maximum Gasteiger partial charge on any atom is 0.337 e. The largest absolute Gasteiger partial charge is 0.465 e. The number of quaternary nitrogens is 1. The Morgan fingerprint density at radius 2 is 1.64 bits per heavy atom. The molecule has 1 aromatic rings. The molecule has 0 saturated heterocycles. The zero-order chi connectivity index (χ0) is 10.8. The molecular weight excluding hydrogens is 178 g/mol. The number of methoxy groups -OCH3 is 1. The Hall–Kier alpha value is -1.35. The molecule has 0 spiro atoms. The van der Waals surface area contributed by atoms with Crippen LogP contribution in [0.3, 0.4) is 0 Å². The first-order valence-corrected chi connectivity index (χ1v) is 4.45. The van der Waals surface area contributed by atoms with Gasteiger partial charge in [-0.15, -0.1) is 0 Å². The summed E-state index contributed by atoms with van der Waals surface area (Å²) >= 11 is 0.